The second-order valence-corrected chi connectivity index (χ2v) is 8.00. The average molecular weight is 397 g/mol. The van der Waals surface area contributed by atoms with Crippen molar-refractivity contribution in [3.05, 3.63) is 71.5 Å². The zero-order valence-corrected chi connectivity index (χ0v) is 16.5. The minimum atomic E-state index is -0.331. The van der Waals surface area contributed by atoms with Crippen LogP contribution in [0.4, 0.5) is 4.39 Å². The molecule has 27 heavy (non-hydrogen) atoms. The van der Waals surface area contributed by atoms with E-state index in [4.69, 9.17) is 4.74 Å². The zero-order valence-electron chi connectivity index (χ0n) is 14.9. The number of halogens is 1. The van der Waals surface area contributed by atoms with Crippen molar-refractivity contribution in [2.24, 2.45) is 0 Å². The molecule has 0 saturated carbocycles. The fraction of sp³-hybridized carbons (Fsp3) is 0.136. The Morgan fingerprint density at radius 2 is 1.85 bits per heavy atom. The van der Waals surface area contributed by atoms with Gasteiger partial charge in [0.2, 0.25) is 0 Å². The predicted octanol–water partition coefficient (Wildman–Crippen LogP) is 6.27. The maximum Gasteiger partial charge on any atom is 0.339 e. The third-order valence-corrected chi connectivity index (χ3v) is 6.55. The van der Waals surface area contributed by atoms with Crippen LogP contribution in [0.1, 0.15) is 15.9 Å². The summed E-state index contributed by atoms with van der Waals surface area (Å²) in [5.41, 5.74) is 5.65. The Labute approximate surface area is 166 Å². The van der Waals surface area contributed by atoms with Gasteiger partial charge in [-0.05, 0) is 52.8 Å². The number of methoxy groups -OCH3 is 1. The molecule has 1 aliphatic rings. The van der Waals surface area contributed by atoms with Crippen LogP contribution < -0.4 is 0 Å². The first-order valence-electron chi connectivity index (χ1n) is 8.44. The molecule has 0 N–H and O–H groups in total. The molecular formula is C22H17FO2S2. The summed E-state index contributed by atoms with van der Waals surface area (Å²) >= 11 is 3.27. The van der Waals surface area contributed by atoms with Crippen molar-refractivity contribution >= 4 is 29.5 Å². The van der Waals surface area contributed by atoms with Crippen LogP contribution >= 0.6 is 23.5 Å². The van der Waals surface area contributed by atoms with E-state index in [1.54, 1.807) is 23.9 Å². The minimum absolute atomic E-state index is 0.261. The van der Waals surface area contributed by atoms with Gasteiger partial charge in [0.1, 0.15) is 5.82 Å². The molecule has 2 nitrogen and oxygen atoms in total. The van der Waals surface area contributed by atoms with E-state index in [1.807, 2.05) is 30.5 Å². The molecule has 3 aromatic rings. The van der Waals surface area contributed by atoms with Gasteiger partial charge in [-0.2, -0.15) is 0 Å². The van der Waals surface area contributed by atoms with Crippen molar-refractivity contribution in [1.29, 1.82) is 0 Å². The summed E-state index contributed by atoms with van der Waals surface area (Å²) in [7, 11) is 1.41. The van der Waals surface area contributed by atoms with Crippen molar-refractivity contribution in [2.75, 3.05) is 13.4 Å². The summed E-state index contributed by atoms with van der Waals surface area (Å²) < 4.78 is 18.5. The molecule has 0 unspecified atom stereocenters. The molecule has 0 saturated heterocycles. The second kappa shape index (κ2) is 7.41. The van der Waals surface area contributed by atoms with Crippen LogP contribution in [-0.4, -0.2) is 19.3 Å². The van der Waals surface area contributed by atoms with E-state index >= 15 is 0 Å². The van der Waals surface area contributed by atoms with E-state index in [2.05, 4.69) is 6.07 Å². The molecule has 0 atom stereocenters. The number of thioether (sulfide) groups is 2. The van der Waals surface area contributed by atoms with E-state index in [0.29, 0.717) is 5.56 Å². The first-order chi connectivity index (χ1) is 13.1. The lowest BCUT2D eigenvalue weighted by Gasteiger charge is -2.26. The van der Waals surface area contributed by atoms with Gasteiger partial charge in [-0.25, -0.2) is 9.18 Å². The van der Waals surface area contributed by atoms with E-state index in [9.17, 15) is 9.18 Å². The number of carbonyl (C=O) groups excluding carboxylic acids is 1. The summed E-state index contributed by atoms with van der Waals surface area (Å²) in [5, 5.41) is 0. The van der Waals surface area contributed by atoms with Gasteiger partial charge in [0.05, 0.1) is 12.7 Å². The van der Waals surface area contributed by atoms with E-state index < -0.39 is 0 Å². The zero-order chi connectivity index (χ0) is 19.0. The number of ether oxygens (including phenoxy) is 1. The number of carbonyl (C=O) groups is 1. The number of esters is 1. The molecule has 0 aromatic heterocycles. The number of hydrogen-bond acceptors (Lipinski definition) is 4. The van der Waals surface area contributed by atoms with E-state index in [1.165, 1.54) is 31.0 Å². The van der Waals surface area contributed by atoms with Gasteiger partial charge < -0.3 is 4.74 Å². The van der Waals surface area contributed by atoms with Crippen LogP contribution in [0.5, 0.6) is 0 Å². The summed E-state index contributed by atoms with van der Waals surface area (Å²) in [6.45, 7) is 0. The highest BCUT2D eigenvalue weighted by Crippen LogP contribution is 2.49. The number of benzene rings is 3. The Bertz CT molecular complexity index is 1030. The Hall–Kier alpha value is -2.24. The predicted molar refractivity (Wildman–Crippen MR) is 110 cm³/mol. The number of fused-ring (bicyclic) bond motifs is 3. The van der Waals surface area contributed by atoms with Crippen LogP contribution in [0.15, 0.2) is 64.4 Å². The van der Waals surface area contributed by atoms with Crippen molar-refractivity contribution in [3.8, 4) is 22.3 Å². The van der Waals surface area contributed by atoms with Crippen LogP contribution in [0.2, 0.25) is 0 Å². The van der Waals surface area contributed by atoms with Crippen LogP contribution in [0.25, 0.3) is 22.3 Å². The molecule has 1 heterocycles. The molecular weight excluding hydrogens is 379 g/mol. The topological polar surface area (TPSA) is 26.3 Å². The number of hydrogen-bond donors (Lipinski definition) is 0. The molecule has 0 aliphatic carbocycles. The van der Waals surface area contributed by atoms with Gasteiger partial charge in [0.25, 0.3) is 0 Å². The molecule has 4 rings (SSSR count). The Kier molecular flexibility index (Phi) is 4.98. The Morgan fingerprint density at radius 3 is 2.56 bits per heavy atom. The van der Waals surface area contributed by atoms with Crippen molar-refractivity contribution in [1.82, 2.24) is 0 Å². The lowest BCUT2D eigenvalue weighted by atomic mass is 9.88. The van der Waals surface area contributed by atoms with E-state index in [-0.39, 0.29) is 11.8 Å². The van der Waals surface area contributed by atoms with Gasteiger partial charge in [0, 0.05) is 21.1 Å². The first kappa shape index (κ1) is 18.1. The summed E-state index contributed by atoms with van der Waals surface area (Å²) in [5.74, 6) is 0.157. The fourth-order valence-electron chi connectivity index (χ4n) is 3.45. The van der Waals surface area contributed by atoms with Crippen molar-refractivity contribution in [3.63, 3.8) is 0 Å². The highest BCUT2D eigenvalue weighted by molar-refractivity contribution is 7.99. The molecule has 0 radical (unpaired) electrons. The lowest BCUT2D eigenvalue weighted by Crippen LogP contribution is -2.11. The molecule has 136 valence electrons. The SMILES string of the molecule is COC(=O)c1c(SC)cc(-c2ccc(F)cc2)c2c1-c1ccccc1SC2. The molecule has 0 fully saturated rings. The largest absolute Gasteiger partial charge is 0.465 e. The summed E-state index contributed by atoms with van der Waals surface area (Å²) in [6, 6.07) is 16.7. The fourth-order valence-corrected chi connectivity index (χ4v) is 5.17. The summed E-state index contributed by atoms with van der Waals surface area (Å²) in [4.78, 5) is 14.7. The van der Waals surface area contributed by atoms with Gasteiger partial charge in [-0.1, -0.05) is 30.3 Å². The molecule has 0 amide bonds. The molecule has 0 bridgehead atoms. The van der Waals surface area contributed by atoms with E-state index in [0.717, 1.165) is 43.4 Å². The van der Waals surface area contributed by atoms with Crippen LogP contribution in [-0.2, 0) is 10.5 Å². The third-order valence-electron chi connectivity index (χ3n) is 4.69. The standard InChI is InChI=1S/C22H17FO2S2/c1-25-22(24)21-19(26-2)11-16(13-7-9-14(23)10-8-13)17-12-27-18-6-4-3-5-15(18)20(17)21/h3-11H,12H2,1-2H3. The summed E-state index contributed by atoms with van der Waals surface area (Å²) in [6.07, 6.45) is 1.95. The smallest absolute Gasteiger partial charge is 0.339 e. The number of rotatable bonds is 3. The normalized spacial score (nSPS) is 12.3. The highest BCUT2D eigenvalue weighted by Gasteiger charge is 2.28. The van der Waals surface area contributed by atoms with Crippen LogP contribution in [0, 0.1) is 5.82 Å². The molecule has 1 aliphatic heterocycles. The van der Waals surface area contributed by atoms with Gasteiger partial charge in [0.15, 0.2) is 0 Å². The quantitative estimate of drug-likeness (QED) is 0.385. The molecule has 3 aromatic carbocycles. The maximum absolute atomic E-state index is 13.4. The second-order valence-electron chi connectivity index (χ2n) is 6.14. The van der Waals surface area contributed by atoms with Gasteiger partial charge in [-0.15, -0.1) is 23.5 Å². The Balaban J connectivity index is 2.08. The Morgan fingerprint density at radius 1 is 1.11 bits per heavy atom. The average Bonchev–Trinajstić information content (AvgIpc) is 2.72. The van der Waals surface area contributed by atoms with Gasteiger partial charge >= 0.3 is 5.97 Å². The maximum atomic E-state index is 13.4. The third kappa shape index (κ3) is 3.15. The van der Waals surface area contributed by atoms with Crippen LogP contribution in [0.3, 0.4) is 0 Å². The van der Waals surface area contributed by atoms with Gasteiger partial charge in [-0.3, -0.25) is 0 Å². The monoisotopic (exact) mass is 396 g/mol. The van der Waals surface area contributed by atoms with Crippen molar-refractivity contribution in [2.45, 2.75) is 15.5 Å². The minimum Gasteiger partial charge on any atom is -0.465 e. The molecule has 5 heteroatoms. The van der Waals surface area contributed by atoms with Crippen molar-refractivity contribution < 1.29 is 13.9 Å². The lowest BCUT2D eigenvalue weighted by molar-refractivity contribution is 0.0597. The highest BCUT2D eigenvalue weighted by atomic mass is 32.2. The molecule has 0 spiro atoms. The first-order valence-corrected chi connectivity index (χ1v) is 10.7.